The number of nitrogen functional groups attached to an aromatic ring is 1. The molecule has 0 bridgehead atoms. The van der Waals surface area contributed by atoms with Gasteiger partial charge in [-0.15, -0.1) is 0 Å². The second-order valence-corrected chi connectivity index (χ2v) is 4.21. The number of hydrogen-bond donors (Lipinski definition) is 2. The van der Waals surface area contributed by atoms with Gasteiger partial charge in [0.2, 0.25) is 0 Å². The Hall–Kier alpha value is -1.27. The maximum absolute atomic E-state index is 10.6. The Morgan fingerprint density at radius 2 is 2.14 bits per heavy atom. The summed E-state index contributed by atoms with van der Waals surface area (Å²) in [5.41, 5.74) is 6.16. The molecule has 0 saturated heterocycles. The van der Waals surface area contributed by atoms with Crippen LogP contribution in [0, 0.1) is 0 Å². The first-order valence-electron chi connectivity index (χ1n) is 3.80. The normalized spacial score (nSPS) is 11.3. The smallest absolute Gasteiger partial charge is 0.269 e. The Kier molecular flexibility index (Phi) is 2.97. The third-order valence-electron chi connectivity index (χ3n) is 1.71. The second-order valence-electron chi connectivity index (χ2n) is 2.76. The fourth-order valence-electron chi connectivity index (χ4n) is 1.09. The van der Waals surface area contributed by atoms with Gasteiger partial charge in [-0.3, -0.25) is 4.55 Å². The van der Waals surface area contributed by atoms with Crippen LogP contribution < -0.4 is 10.5 Å². The molecule has 5 nitrogen and oxygen atoms in total. The Balaban J connectivity index is 3.10. The van der Waals surface area contributed by atoms with E-state index >= 15 is 0 Å². The van der Waals surface area contributed by atoms with Crippen LogP contribution in [0.3, 0.4) is 0 Å². The lowest BCUT2D eigenvalue weighted by Gasteiger charge is -2.08. The summed E-state index contributed by atoms with van der Waals surface area (Å²) < 4.78 is 34.8. The summed E-state index contributed by atoms with van der Waals surface area (Å²) in [6, 6.07) is 4.74. The van der Waals surface area contributed by atoms with Crippen molar-refractivity contribution in [1.82, 2.24) is 0 Å². The Bertz CT molecular complexity index is 427. The molecular formula is C8H11NO4S. The second kappa shape index (κ2) is 3.85. The maximum Gasteiger partial charge on any atom is 0.269 e. The molecule has 78 valence electrons. The van der Waals surface area contributed by atoms with Gasteiger partial charge < -0.3 is 10.5 Å². The van der Waals surface area contributed by atoms with Crippen molar-refractivity contribution in [3.63, 3.8) is 0 Å². The molecule has 0 fully saturated rings. The molecule has 0 aliphatic rings. The number of nitrogens with two attached hydrogens (primary N) is 1. The molecule has 0 saturated carbocycles. The van der Waals surface area contributed by atoms with Gasteiger partial charge in [-0.1, -0.05) is 12.1 Å². The molecule has 1 aromatic rings. The minimum absolute atomic E-state index is 0.229. The molecule has 0 atom stereocenters. The summed E-state index contributed by atoms with van der Waals surface area (Å²) in [4.78, 5) is 0. The lowest BCUT2D eigenvalue weighted by atomic mass is 10.2. The zero-order chi connectivity index (χ0) is 10.8. The predicted molar refractivity (Wildman–Crippen MR) is 52.7 cm³/mol. The summed E-state index contributed by atoms with van der Waals surface area (Å²) in [5.74, 6) is -0.109. The molecule has 0 heterocycles. The van der Waals surface area contributed by atoms with Crippen LogP contribution in [0.15, 0.2) is 18.2 Å². The molecule has 0 radical (unpaired) electrons. The molecule has 0 spiro atoms. The fraction of sp³-hybridized carbons (Fsp3) is 0.250. The summed E-state index contributed by atoms with van der Waals surface area (Å²) >= 11 is 0. The molecule has 0 aromatic heterocycles. The van der Waals surface area contributed by atoms with Crippen LogP contribution in [-0.2, 0) is 15.9 Å². The number of hydrogen-bond acceptors (Lipinski definition) is 4. The minimum Gasteiger partial charge on any atom is -0.495 e. The van der Waals surface area contributed by atoms with Crippen molar-refractivity contribution in [2.45, 2.75) is 5.75 Å². The molecule has 0 unspecified atom stereocenters. The van der Waals surface area contributed by atoms with Crippen molar-refractivity contribution in [3.8, 4) is 5.75 Å². The molecular weight excluding hydrogens is 206 g/mol. The zero-order valence-electron chi connectivity index (χ0n) is 7.60. The van der Waals surface area contributed by atoms with Crippen LogP contribution in [0.5, 0.6) is 5.75 Å². The van der Waals surface area contributed by atoms with Gasteiger partial charge in [-0.25, -0.2) is 0 Å². The van der Waals surface area contributed by atoms with Gasteiger partial charge in [0.25, 0.3) is 10.1 Å². The van der Waals surface area contributed by atoms with Gasteiger partial charge in [-0.2, -0.15) is 8.42 Å². The van der Waals surface area contributed by atoms with Crippen molar-refractivity contribution in [1.29, 1.82) is 0 Å². The molecule has 14 heavy (non-hydrogen) atoms. The van der Waals surface area contributed by atoms with Gasteiger partial charge in [0.05, 0.1) is 12.8 Å². The number of methoxy groups -OCH3 is 1. The highest BCUT2D eigenvalue weighted by Crippen LogP contribution is 2.25. The fourth-order valence-corrected chi connectivity index (χ4v) is 1.73. The van der Waals surface area contributed by atoms with E-state index in [1.807, 2.05) is 0 Å². The van der Waals surface area contributed by atoms with Crippen LogP contribution in [-0.4, -0.2) is 20.1 Å². The van der Waals surface area contributed by atoms with Crippen molar-refractivity contribution in [3.05, 3.63) is 23.8 Å². The number of ether oxygens (including phenoxy) is 1. The lowest BCUT2D eigenvalue weighted by molar-refractivity contribution is 0.416. The number of para-hydroxylation sites is 1. The van der Waals surface area contributed by atoms with E-state index in [1.54, 1.807) is 12.1 Å². The topological polar surface area (TPSA) is 89.6 Å². The van der Waals surface area contributed by atoms with Crippen LogP contribution in [0.2, 0.25) is 0 Å². The van der Waals surface area contributed by atoms with Gasteiger partial charge in [0, 0.05) is 0 Å². The standard InChI is InChI=1S/C8H11NO4S/c1-13-7-4-2-3-6(8(7)9)5-14(10,11)12/h2-4H,5,9H2,1H3,(H,10,11,12). The zero-order valence-corrected chi connectivity index (χ0v) is 8.41. The number of benzene rings is 1. The Morgan fingerprint density at radius 1 is 1.50 bits per heavy atom. The average Bonchev–Trinajstić information content (AvgIpc) is 2.06. The molecule has 1 rings (SSSR count). The van der Waals surface area contributed by atoms with E-state index in [0.29, 0.717) is 11.3 Å². The summed E-state index contributed by atoms with van der Waals surface area (Å²) in [7, 11) is -2.63. The van der Waals surface area contributed by atoms with E-state index in [0.717, 1.165) is 0 Å². The van der Waals surface area contributed by atoms with Crippen LogP contribution in [0.1, 0.15) is 5.56 Å². The highest BCUT2D eigenvalue weighted by molar-refractivity contribution is 7.85. The summed E-state index contributed by atoms with van der Waals surface area (Å²) in [5, 5.41) is 0. The quantitative estimate of drug-likeness (QED) is 0.573. The highest BCUT2D eigenvalue weighted by atomic mass is 32.2. The van der Waals surface area contributed by atoms with Gasteiger partial charge in [0.1, 0.15) is 11.5 Å². The first kappa shape index (κ1) is 10.8. The highest BCUT2D eigenvalue weighted by Gasteiger charge is 2.11. The average molecular weight is 217 g/mol. The van der Waals surface area contributed by atoms with E-state index < -0.39 is 15.9 Å². The van der Waals surface area contributed by atoms with E-state index in [-0.39, 0.29) is 5.69 Å². The summed E-state index contributed by atoms with van der Waals surface area (Å²) in [6.45, 7) is 0. The van der Waals surface area contributed by atoms with Crippen molar-refractivity contribution < 1.29 is 17.7 Å². The van der Waals surface area contributed by atoms with E-state index in [9.17, 15) is 8.42 Å². The number of rotatable bonds is 3. The van der Waals surface area contributed by atoms with Gasteiger partial charge >= 0.3 is 0 Å². The predicted octanol–water partition coefficient (Wildman–Crippen LogP) is 0.665. The van der Waals surface area contributed by atoms with Crippen LogP contribution >= 0.6 is 0 Å². The molecule has 0 aliphatic heterocycles. The summed E-state index contributed by atoms with van der Waals surface area (Å²) in [6.07, 6.45) is 0. The largest absolute Gasteiger partial charge is 0.495 e. The van der Waals surface area contributed by atoms with Gasteiger partial charge in [0.15, 0.2) is 0 Å². The first-order chi connectivity index (χ1) is 6.44. The van der Waals surface area contributed by atoms with Crippen molar-refractivity contribution in [2.75, 3.05) is 12.8 Å². The molecule has 1 aromatic carbocycles. The third kappa shape index (κ3) is 2.61. The monoisotopic (exact) mass is 217 g/mol. The minimum atomic E-state index is -4.06. The lowest BCUT2D eigenvalue weighted by Crippen LogP contribution is -2.05. The van der Waals surface area contributed by atoms with E-state index in [1.165, 1.54) is 13.2 Å². The molecule has 0 aliphatic carbocycles. The molecule has 3 N–H and O–H groups in total. The van der Waals surface area contributed by atoms with Crippen LogP contribution in [0.4, 0.5) is 5.69 Å². The maximum atomic E-state index is 10.6. The first-order valence-corrected chi connectivity index (χ1v) is 5.41. The molecule has 6 heteroatoms. The van der Waals surface area contributed by atoms with Crippen LogP contribution in [0.25, 0.3) is 0 Å². The Morgan fingerprint density at radius 3 is 2.64 bits per heavy atom. The van der Waals surface area contributed by atoms with Gasteiger partial charge in [-0.05, 0) is 11.6 Å². The number of anilines is 1. The third-order valence-corrected chi connectivity index (χ3v) is 2.39. The van der Waals surface area contributed by atoms with Crippen molar-refractivity contribution >= 4 is 15.8 Å². The van der Waals surface area contributed by atoms with E-state index in [2.05, 4.69) is 0 Å². The Labute approximate surface area is 82.2 Å². The van der Waals surface area contributed by atoms with E-state index in [4.69, 9.17) is 15.0 Å². The van der Waals surface area contributed by atoms with Crippen molar-refractivity contribution in [2.24, 2.45) is 0 Å². The SMILES string of the molecule is COc1cccc(CS(=O)(=O)O)c1N. The molecule has 0 amide bonds.